The second-order valence-corrected chi connectivity index (χ2v) is 12.2. The van der Waals surface area contributed by atoms with E-state index in [0.717, 1.165) is 37.9 Å². The Labute approximate surface area is 219 Å². The lowest BCUT2D eigenvalue weighted by Crippen LogP contribution is -2.42. The number of benzene rings is 1. The van der Waals surface area contributed by atoms with Crippen molar-refractivity contribution in [2.45, 2.75) is 61.9 Å². The van der Waals surface area contributed by atoms with Gasteiger partial charge in [-0.3, -0.25) is 0 Å². The molecule has 0 bridgehead atoms. The molecule has 1 saturated heterocycles. The van der Waals surface area contributed by atoms with Crippen molar-refractivity contribution in [3.8, 4) is 6.07 Å². The van der Waals surface area contributed by atoms with Gasteiger partial charge in [0.05, 0.1) is 11.1 Å². The molecule has 1 aromatic heterocycles. The molecule has 2 fully saturated rings. The van der Waals surface area contributed by atoms with Crippen LogP contribution in [-0.2, 0) is 10.0 Å². The van der Waals surface area contributed by atoms with Crippen molar-refractivity contribution in [3.05, 3.63) is 47.7 Å². The standard InChI is InChI=1S/C27H35N7O2S/c1-33-14-10-21(11-15-33)20-6-8-25(9-7-20)37(35,36)34-16-12-24(13-17-34)31-27-29-19-22(18-28)26(32-27)30-23-4-2-3-5-23/h6-10,19,23-24H,2-5,11-17H2,1H3,(H2,29,30,31,32). The summed E-state index contributed by atoms with van der Waals surface area (Å²) in [5, 5.41) is 16.2. The summed E-state index contributed by atoms with van der Waals surface area (Å²) in [5.41, 5.74) is 2.82. The van der Waals surface area contributed by atoms with Crippen LogP contribution < -0.4 is 10.6 Å². The first kappa shape index (κ1) is 25.6. The van der Waals surface area contributed by atoms with Crippen LogP contribution in [0.4, 0.5) is 11.8 Å². The Hall–Kier alpha value is -3.00. The fraction of sp³-hybridized carbons (Fsp3) is 0.519. The second kappa shape index (κ2) is 11.2. The third-order valence-corrected chi connectivity index (χ3v) is 9.58. The molecule has 9 nitrogen and oxygen atoms in total. The number of likely N-dealkylation sites (N-methyl/N-ethyl adjacent to an activating group) is 1. The monoisotopic (exact) mass is 521 g/mol. The first-order chi connectivity index (χ1) is 17.9. The Balaban J connectivity index is 1.19. The van der Waals surface area contributed by atoms with Crippen LogP contribution >= 0.6 is 0 Å². The van der Waals surface area contributed by atoms with Crippen LogP contribution in [0.5, 0.6) is 0 Å². The summed E-state index contributed by atoms with van der Waals surface area (Å²) in [6.07, 6.45) is 10.6. The molecule has 196 valence electrons. The minimum absolute atomic E-state index is 0.0671. The molecular weight excluding hydrogens is 486 g/mol. The van der Waals surface area contributed by atoms with Crippen LogP contribution in [0.15, 0.2) is 41.4 Å². The van der Waals surface area contributed by atoms with Crippen molar-refractivity contribution in [2.75, 3.05) is 43.9 Å². The Morgan fingerprint density at radius 1 is 1.00 bits per heavy atom. The number of aromatic nitrogens is 2. The molecule has 3 heterocycles. The first-order valence-corrected chi connectivity index (χ1v) is 14.6. The van der Waals surface area contributed by atoms with Crippen molar-refractivity contribution in [2.24, 2.45) is 0 Å². The lowest BCUT2D eigenvalue weighted by atomic mass is 10.00. The van der Waals surface area contributed by atoms with Gasteiger partial charge in [0.25, 0.3) is 0 Å². The molecule has 3 aliphatic rings. The number of hydrogen-bond donors (Lipinski definition) is 2. The van der Waals surface area contributed by atoms with E-state index >= 15 is 0 Å². The second-order valence-electron chi connectivity index (χ2n) is 10.3. The van der Waals surface area contributed by atoms with Gasteiger partial charge in [-0.25, -0.2) is 13.4 Å². The van der Waals surface area contributed by atoms with Gasteiger partial charge in [0.1, 0.15) is 17.5 Å². The van der Waals surface area contributed by atoms with Gasteiger partial charge in [-0.15, -0.1) is 0 Å². The summed E-state index contributed by atoms with van der Waals surface area (Å²) in [4.78, 5) is 11.5. The van der Waals surface area contributed by atoms with Crippen LogP contribution in [0.3, 0.4) is 0 Å². The molecule has 2 aromatic rings. The molecular formula is C27H35N7O2S. The average molecular weight is 522 g/mol. The molecule has 2 aliphatic heterocycles. The van der Waals surface area contributed by atoms with E-state index in [4.69, 9.17) is 0 Å². The molecule has 0 amide bonds. The number of sulfonamides is 1. The SMILES string of the molecule is CN1CC=C(c2ccc(S(=O)(=O)N3CCC(Nc4ncc(C#N)c(NC5CCCC5)n4)CC3)cc2)CC1. The highest BCUT2D eigenvalue weighted by Gasteiger charge is 2.30. The Kier molecular flexibility index (Phi) is 7.74. The first-order valence-electron chi connectivity index (χ1n) is 13.2. The minimum Gasteiger partial charge on any atom is -0.366 e. The lowest BCUT2D eigenvalue weighted by Gasteiger charge is -2.31. The summed E-state index contributed by atoms with van der Waals surface area (Å²) < 4.78 is 28.1. The van der Waals surface area contributed by atoms with Gasteiger partial charge in [0, 0.05) is 38.3 Å². The predicted molar refractivity (Wildman–Crippen MR) is 145 cm³/mol. The maximum atomic E-state index is 13.3. The van der Waals surface area contributed by atoms with Gasteiger partial charge in [-0.1, -0.05) is 31.1 Å². The maximum Gasteiger partial charge on any atom is 0.243 e. The number of piperidine rings is 1. The number of hydrogen-bond acceptors (Lipinski definition) is 8. The third-order valence-electron chi connectivity index (χ3n) is 7.67. The van der Waals surface area contributed by atoms with Gasteiger partial charge in [0.2, 0.25) is 16.0 Å². The molecule has 37 heavy (non-hydrogen) atoms. The van der Waals surface area contributed by atoms with E-state index in [9.17, 15) is 13.7 Å². The molecule has 1 aromatic carbocycles. The average Bonchev–Trinajstić information content (AvgIpc) is 3.43. The molecule has 1 saturated carbocycles. The highest BCUT2D eigenvalue weighted by Crippen LogP contribution is 2.27. The fourth-order valence-electron chi connectivity index (χ4n) is 5.35. The lowest BCUT2D eigenvalue weighted by molar-refractivity contribution is 0.329. The molecule has 5 rings (SSSR count). The summed E-state index contributed by atoms with van der Waals surface area (Å²) in [7, 11) is -1.44. The van der Waals surface area contributed by atoms with Crippen molar-refractivity contribution in [1.82, 2.24) is 19.2 Å². The van der Waals surface area contributed by atoms with E-state index in [1.54, 1.807) is 22.6 Å². The minimum atomic E-state index is -3.54. The van der Waals surface area contributed by atoms with E-state index in [0.29, 0.717) is 54.2 Å². The normalized spacial score (nSPS) is 20.4. The number of anilines is 2. The van der Waals surface area contributed by atoms with Crippen LogP contribution in [0.25, 0.3) is 5.57 Å². The molecule has 10 heteroatoms. The smallest absolute Gasteiger partial charge is 0.243 e. The zero-order valence-corrected chi connectivity index (χ0v) is 22.2. The van der Waals surface area contributed by atoms with Crippen LogP contribution in [0.1, 0.15) is 56.1 Å². The molecule has 1 aliphatic carbocycles. The van der Waals surface area contributed by atoms with E-state index in [-0.39, 0.29) is 6.04 Å². The zero-order valence-electron chi connectivity index (χ0n) is 21.4. The van der Waals surface area contributed by atoms with Gasteiger partial charge in [0.15, 0.2) is 0 Å². The predicted octanol–water partition coefficient (Wildman–Crippen LogP) is 3.69. The van der Waals surface area contributed by atoms with E-state index in [1.807, 2.05) is 12.1 Å². The zero-order chi connectivity index (χ0) is 25.8. The van der Waals surface area contributed by atoms with Gasteiger partial charge in [-0.2, -0.15) is 14.6 Å². The van der Waals surface area contributed by atoms with Crippen molar-refractivity contribution in [1.29, 1.82) is 5.26 Å². The molecule has 0 atom stereocenters. The summed E-state index contributed by atoms with van der Waals surface area (Å²) in [6.45, 7) is 2.80. The van der Waals surface area contributed by atoms with Crippen molar-refractivity contribution >= 4 is 27.4 Å². The highest BCUT2D eigenvalue weighted by molar-refractivity contribution is 7.89. The molecule has 0 spiro atoms. The van der Waals surface area contributed by atoms with E-state index in [2.05, 4.69) is 44.7 Å². The van der Waals surface area contributed by atoms with E-state index in [1.165, 1.54) is 18.4 Å². The summed E-state index contributed by atoms with van der Waals surface area (Å²) in [5.74, 6) is 1.05. The largest absolute Gasteiger partial charge is 0.366 e. The van der Waals surface area contributed by atoms with Gasteiger partial charge >= 0.3 is 0 Å². The van der Waals surface area contributed by atoms with Crippen LogP contribution in [-0.4, -0.2) is 72.9 Å². The molecule has 2 N–H and O–H groups in total. The van der Waals surface area contributed by atoms with Crippen molar-refractivity contribution < 1.29 is 8.42 Å². The van der Waals surface area contributed by atoms with Crippen molar-refractivity contribution in [3.63, 3.8) is 0 Å². The number of nitrogens with zero attached hydrogens (tertiary/aromatic N) is 5. The quantitative estimate of drug-likeness (QED) is 0.567. The Bertz CT molecular complexity index is 1270. The topological polar surface area (TPSA) is 114 Å². The van der Waals surface area contributed by atoms with E-state index < -0.39 is 10.0 Å². The summed E-state index contributed by atoms with van der Waals surface area (Å²) >= 11 is 0. The molecule has 0 radical (unpaired) electrons. The Morgan fingerprint density at radius 3 is 2.35 bits per heavy atom. The molecule has 0 unspecified atom stereocenters. The fourth-order valence-corrected chi connectivity index (χ4v) is 6.82. The van der Waals surface area contributed by atoms with Crippen LogP contribution in [0, 0.1) is 11.3 Å². The van der Waals surface area contributed by atoms with Gasteiger partial charge in [-0.05, 0) is 62.4 Å². The number of nitriles is 1. The maximum absolute atomic E-state index is 13.3. The van der Waals surface area contributed by atoms with Crippen LogP contribution in [0.2, 0.25) is 0 Å². The highest BCUT2D eigenvalue weighted by atomic mass is 32.2. The number of rotatable bonds is 7. The summed E-state index contributed by atoms with van der Waals surface area (Å²) in [6, 6.07) is 9.91. The number of nitrogens with one attached hydrogen (secondary N) is 2. The van der Waals surface area contributed by atoms with Gasteiger partial charge < -0.3 is 15.5 Å². The Morgan fingerprint density at radius 2 is 1.70 bits per heavy atom. The third kappa shape index (κ3) is 5.95.